The molecule has 2 rings (SSSR count). The quantitative estimate of drug-likeness (QED) is 0.748. The van der Waals surface area contributed by atoms with E-state index in [0.29, 0.717) is 12.8 Å². The van der Waals surface area contributed by atoms with Crippen molar-refractivity contribution >= 4 is 11.6 Å². The number of benzene rings is 1. The molecule has 1 fully saturated rings. The van der Waals surface area contributed by atoms with E-state index >= 15 is 0 Å². The SMILES string of the molecule is OC1(c2ccc(F)c(Cl)c2F)CCCCC1. The Balaban J connectivity index is 2.43. The van der Waals surface area contributed by atoms with Gasteiger partial charge in [0, 0.05) is 5.56 Å². The highest BCUT2D eigenvalue weighted by molar-refractivity contribution is 6.30. The monoisotopic (exact) mass is 246 g/mol. The third-order valence-electron chi connectivity index (χ3n) is 3.22. The highest BCUT2D eigenvalue weighted by Gasteiger charge is 2.34. The number of hydrogen-bond acceptors (Lipinski definition) is 1. The summed E-state index contributed by atoms with van der Waals surface area (Å²) in [6.45, 7) is 0. The third kappa shape index (κ3) is 1.94. The summed E-state index contributed by atoms with van der Waals surface area (Å²) < 4.78 is 26.8. The lowest BCUT2D eigenvalue weighted by atomic mass is 9.79. The molecule has 0 spiro atoms. The number of halogens is 3. The topological polar surface area (TPSA) is 20.2 Å². The summed E-state index contributed by atoms with van der Waals surface area (Å²) in [6.07, 6.45) is 3.76. The molecule has 0 atom stereocenters. The molecule has 1 nitrogen and oxygen atoms in total. The van der Waals surface area contributed by atoms with Gasteiger partial charge in [0.2, 0.25) is 0 Å². The van der Waals surface area contributed by atoms with Crippen LogP contribution in [0.25, 0.3) is 0 Å². The highest BCUT2D eigenvalue weighted by atomic mass is 35.5. The average molecular weight is 247 g/mol. The van der Waals surface area contributed by atoms with E-state index in [2.05, 4.69) is 0 Å². The van der Waals surface area contributed by atoms with E-state index in [1.165, 1.54) is 6.07 Å². The summed E-state index contributed by atoms with van der Waals surface area (Å²) in [6, 6.07) is 2.40. The minimum absolute atomic E-state index is 0.124. The zero-order chi connectivity index (χ0) is 11.8. The van der Waals surface area contributed by atoms with Gasteiger partial charge in [-0.1, -0.05) is 36.9 Å². The van der Waals surface area contributed by atoms with Gasteiger partial charge in [0.05, 0.1) is 5.60 Å². The summed E-state index contributed by atoms with van der Waals surface area (Å²) in [5, 5.41) is 9.79. The highest BCUT2D eigenvalue weighted by Crippen LogP contribution is 2.39. The van der Waals surface area contributed by atoms with E-state index in [9.17, 15) is 13.9 Å². The molecule has 0 unspecified atom stereocenters. The van der Waals surface area contributed by atoms with E-state index in [-0.39, 0.29) is 5.56 Å². The minimum atomic E-state index is -1.18. The average Bonchev–Trinajstić information content (AvgIpc) is 2.27. The van der Waals surface area contributed by atoms with E-state index in [1.54, 1.807) is 0 Å². The zero-order valence-corrected chi connectivity index (χ0v) is 9.53. The molecule has 1 aliphatic rings. The van der Waals surface area contributed by atoms with Crippen molar-refractivity contribution in [3.63, 3.8) is 0 Å². The molecule has 0 heterocycles. The van der Waals surface area contributed by atoms with Gasteiger partial charge in [0.15, 0.2) is 5.82 Å². The Morgan fingerprint density at radius 1 is 1.12 bits per heavy atom. The summed E-state index contributed by atoms with van der Waals surface area (Å²) in [4.78, 5) is 0. The Morgan fingerprint density at radius 2 is 1.75 bits per heavy atom. The molecular weight excluding hydrogens is 234 g/mol. The normalized spacial score (nSPS) is 19.8. The van der Waals surface area contributed by atoms with Gasteiger partial charge in [0.1, 0.15) is 10.8 Å². The molecule has 1 saturated carbocycles. The van der Waals surface area contributed by atoms with Crippen LogP contribution in [0, 0.1) is 11.6 Å². The smallest absolute Gasteiger partial charge is 0.150 e. The molecule has 1 aliphatic carbocycles. The molecule has 1 aromatic carbocycles. The van der Waals surface area contributed by atoms with Crippen molar-refractivity contribution in [3.8, 4) is 0 Å². The first-order valence-electron chi connectivity index (χ1n) is 5.41. The molecule has 0 amide bonds. The fraction of sp³-hybridized carbons (Fsp3) is 0.500. The largest absolute Gasteiger partial charge is 0.385 e. The van der Waals surface area contributed by atoms with Crippen LogP contribution in [0.3, 0.4) is 0 Å². The fourth-order valence-electron chi connectivity index (χ4n) is 2.29. The third-order valence-corrected chi connectivity index (χ3v) is 3.56. The molecule has 0 aliphatic heterocycles. The lowest BCUT2D eigenvalue weighted by Gasteiger charge is -2.32. The van der Waals surface area contributed by atoms with Crippen LogP contribution < -0.4 is 0 Å². The Morgan fingerprint density at radius 3 is 2.38 bits per heavy atom. The second kappa shape index (κ2) is 4.30. The molecule has 88 valence electrons. The molecule has 1 N–H and O–H groups in total. The van der Waals surface area contributed by atoms with E-state index in [0.717, 1.165) is 25.3 Å². The molecule has 0 saturated heterocycles. The predicted molar refractivity (Wildman–Crippen MR) is 58.3 cm³/mol. The van der Waals surface area contributed by atoms with Crippen LogP contribution in [0.1, 0.15) is 37.7 Å². The van der Waals surface area contributed by atoms with Gasteiger partial charge >= 0.3 is 0 Å². The molecule has 1 aromatic rings. The molecule has 0 radical (unpaired) electrons. The maximum atomic E-state index is 13.8. The van der Waals surface area contributed by atoms with Crippen molar-refractivity contribution in [2.45, 2.75) is 37.7 Å². The van der Waals surface area contributed by atoms with Gasteiger partial charge in [-0.3, -0.25) is 0 Å². The van der Waals surface area contributed by atoms with Gasteiger partial charge < -0.3 is 5.11 Å². The number of rotatable bonds is 1. The van der Waals surface area contributed by atoms with Crippen molar-refractivity contribution < 1.29 is 13.9 Å². The first kappa shape index (κ1) is 11.8. The van der Waals surface area contributed by atoms with E-state index in [4.69, 9.17) is 11.6 Å². The van der Waals surface area contributed by atoms with Crippen LogP contribution >= 0.6 is 11.6 Å². The molecule has 16 heavy (non-hydrogen) atoms. The standard InChI is InChI=1S/C12H13ClF2O/c13-10-9(14)5-4-8(11(10)15)12(16)6-2-1-3-7-12/h4-5,16H,1-3,6-7H2. The van der Waals surface area contributed by atoms with Crippen molar-refractivity contribution in [2.75, 3.05) is 0 Å². The Bertz CT molecular complexity index is 400. The van der Waals surface area contributed by atoms with Crippen LogP contribution in [0.4, 0.5) is 8.78 Å². The van der Waals surface area contributed by atoms with Crippen LogP contribution in [-0.2, 0) is 5.60 Å². The summed E-state index contributed by atoms with van der Waals surface area (Å²) in [5.41, 5.74) is -1.06. The number of hydrogen-bond donors (Lipinski definition) is 1. The van der Waals surface area contributed by atoms with E-state index < -0.39 is 22.3 Å². The molecule has 4 heteroatoms. The minimum Gasteiger partial charge on any atom is -0.385 e. The van der Waals surface area contributed by atoms with Crippen LogP contribution in [-0.4, -0.2) is 5.11 Å². The summed E-state index contributed by atoms with van der Waals surface area (Å²) in [5.74, 6) is -1.62. The molecule has 0 aromatic heterocycles. The molecule has 0 bridgehead atoms. The van der Waals surface area contributed by atoms with E-state index in [1.807, 2.05) is 0 Å². The first-order chi connectivity index (χ1) is 7.54. The van der Waals surface area contributed by atoms with Gasteiger partial charge in [0.25, 0.3) is 0 Å². The lowest BCUT2D eigenvalue weighted by Crippen LogP contribution is -2.29. The summed E-state index contributed by atoms with van der Waals surface area (Å²) in [7, 11) is 0. The van der Waals surface area contributed by atoms with Crippen molar-refractivity contribution in [1.82, 2.24) is 0 Å². The maximum Gasteiger partial charge on any atom is 0.150 e. The van der Waals surface area contributed by atoms with Gasteiger partial charge in [-0.25, -0.2) is 8.78 Å². The first-order valence-corrected chi connectivity index (χ1v) is 5.79. The van der Waals surface area contributed by atoms with Crippen molar-refractivity contribution in [3.05, 3.63) is 34.4 Å². The van der Waals surface area contributed by atoms with Crippen LogP contribution in [0.5, 0.6) is 0 Å². The van der Waals surface area contributed by atoms with Crippen molar-refractivity contribution in [2.24, 2.45) is 0 Å². The van der Waals surface area contributed by atoms with Crippen molar-refractivity contribution in [1.29, 1.82) is 0 Å². The zero-order valence-electron chi connectivity index (χ0n) is 8.77. The Kier molecular flexibility index (Phi) is 3.17. The van der Waals surface area contributed by atoms with Gasteiger partial charge in [-0.2, -0.15) is 0 Å². The Labute approximate surface area is 98.0 Å². The predicted octanol–water partition coefficient (Wildman–Crippen LogP) is 3.77. The lowest BCUT2D eigenvalue weighted by molar-refractivity contribution is -0.00380. The van der Waals surface area contributed by atoms with Gasteiger partial charge in [-0.15, -0.1) is 0 Å². The molecular formula is C12H13ClF2O. The fourth-order valence-corrected chi connectivity index (χ4v) is 2.46. The summed E-state index contributed by atoms with van der Waals surface area (Å²) >= 11 is 5.50. The van der Waals surface area contributed by atoms with Gasteiger partial charge in [-0.05, 0) is 18.9 Å². The van der Waals surface area contributed by atoms with Crippen LogP contribution in [0.2, 0.25) is 5.02 Å². The van der Waals surface area contributed by atoms with Crippen LogP contribution in [0.15, 0.2) is 12.1 Å². The second-order valence-corrected chi connectivity index (χ2v) is 4.69. The number of aliphatic hydroxyl groups is 1. The maximum absolute atomic E-state index is 13.8. The second-order valence-electron chi connectivity index (χ2n) is 4.32. The Hall–Kier alpha value is -0.670.